The summed E-state index contributed by atoms with van der Waals surface area (Å²) in [4.78, 5) is 11.7. The molecule has 0 radical (unpaired) electrons. The number of allylic oxidation sites excluding steroid dienone is 1. The van der Waals surface area contributed by atoms with Crippen LogP contribution in [0.25, 0.3) is 0 Å². The van der Waals surface area contributed by atoms with Gasteiger partial charge in [0, 0.05) is 13.7 Å². The first kappa shape index (κ1) is 13.0. The molecule has 1 N–H and O–H groups in total. The van der Waals surface area contributed by atoms with E-state index in [4.69, 9.17) is 9.47 Å². The highest BCUT2D eigenvalue weighted by atomic mass is 16.5. The van der Waals surface area contributed by atoms with Crippen LogP contribution < -0.4 is 5.32 Å². The van der Waals surface area contributed by atoms with Crippen molar-refractivity contribution in [3.63, 3.8) is 0 Å². The highest BCUT2D eigenvalue weighted by molar-refractivity contribution is 5.91. The maximum atomic E-state index is 11.7. The number of nitrogens with one attached hydrogen (secondary N) is 1. The van der Waals surface area contributed by atoms with Gasteiger partial charge in [-0.25, -0.2) is 0 Å². The van der Waals surface area contributed by atoms with Crippen LogP contribution >= 0.6 is 0 Å². The van der Waals surface area contributed by atoms with Crippen LogP contribution in [0.5, 0.6) is 0 Å². The Morgan fingerprint density at radius 3 is 2.88 bits per heavy atom. The minimum Gasteiger partial charge on any atom is -0.488 e. The smallest absolute Gasteiger partial charge is 0.286 e. The molecule has 0 spiro atoms. The number of hydrogen-bond acceptors (Lipinski definition) is 3. The Morgan fingerprint density at radius 2 is 2.38 bits per heavy atom. The molecule has 1 heterocycles. The molecular weight excluding hydrogens is 206 g/mol. The van der Waals surface area contributed by atoms with Crippen molar-refractivity contribution in [3.05, 3.63) is 11.8 Å². The van der Waals surface area contributed by atoms with Gasteiger partial charge in [-0.3, -0.25) is 4.79 Å². The van der Waals surface area contributed by atoms with Gasteiger partial charge in [0.25, 0.3) is 5.91 Å². The fourth-order valence-electron chi connectivity index (χ4n) is 1.59. The van der Waals surface area contributed by atoms with Crippen molar-refractivity contribution in [2.45, 2.75) is 32.8 Å². The van der Waals surface area contributed by atoms with Gasteiger partial charge in [-0.05, 0) is 24.8 Å². The second-order valence-electron chi connectivity index (χ2n) is 4.29. The molecule has 16 heavy (non-hydrogen) atoms. The van der Waals surface area contributed by atoms with Gasteiger partial charge >= 0.3 is 0 Å². The van der Waals surface area contributed by atoms with Crippen molar-refractivity contribution in [3.8, 4) is 0 Å². The number of methoxy groups -OCH3 is 1. The maximum Gasteiger partial charge on any atom is 0.286 e. The van der Waals surface area contributed by atoms with Gasteiger partial charge in [-0.2, -0.15) is 0 Å². The minimum absolute atomic E-state index is 0.0492. The van der Waals surface area contributed by atoms with E-state index in [0.717, 1.165) is 12.8 Å². The molecule has 0 aromatic carbocycles. The molecule has 0 aromatic heterocycles. The van der Waals surface area contributed by atoms with Crippen molar-refractivity contribution < 1.29 is 14.3 Å². The highest BCUT2D eigenvalue weighted by Gasteiger charge is 2.17. The van der Waals surface area contributed by atoms with Crippen LogP contribution in [0.15, 0.2) is 11.8 Å². The van der Waals surface area contributed by atoms with E-state index >= 15 is 0 Å². The van der Waals surface area contributed by atoms with Crippen molar-refractivity contribution in [1.82, 2.24) is 5.32 Å². The van der Waals surface area contributed by atoms with E-state index < -0.39 is 0 Å². The largest absolute Gasteiger partial charge is 0.488 e. The fourth-order valence-corrected chi connectivity index (χ4v) is 1.59. The Hall–Kier alpha value is -1.03. The lowest BCUT2D eigenvalue weighted by molar-refractivity contribution is -0.121. The molecule has 0 aromatic rings. The fraction of sp³-hybridized carbons (Fsp3) is 0.750. The van der Waals surface area contributed by atoms with Crippen molar-refractivity contribution in [1.29, 1.82) is 0 Å². The molecule has 0 saturated carbocycles. The lowest BCUT2D eigenvalue weighted by Gasteiger charge is -2.20. The average Bonchev–Trinajstić information content (AvgIpc) is 2.30. The third-order valence-corrected chi connectivity index (χ3v) is 2.67. The minimum atomic E-state index is -0.137. The van der Waals surface area contributed by atoms with Crippen molar-refractivity contribution in [2.75, 3.05) is 20.3 Å². The quantitative estimate of drug-likeness (QED) is 0.773. The SMILES string of the molecule is CO[C@H](CNC(=O)C1=CCCCO1)C(C)C. The zero-order valence-electron chi connectivity index (χ0n) is 10.3. The summed E-state index contributed by atoms with van der Waals surface area (Å²) < 4.78 is 10.5. The molecular formula is C12H21NO3. The molecule has 1 amide bonds. The summed E-state index contributed by atoms with van der Waals surface area (Å²) in [5.41, 5.74) is 0. The van der Waals surface area contributed by atoms with Gasteiger partial charge in [-0.1, -0.05) is 13.8 Å². The van der Waals surface area contributed by atoms with Crippen molar-refractivity contribution >= 4 is 5.91 Å². The molecule has 92 valence electrons. The summed E-state index contributed by atoms with van der Waals surface area (Å²) in [6.07, 6.45) is 3.80. The van der Waals surface area contributed by atoms with Crippen LogP contribution in [0.3, 0.4) is 0 Å². The molecule has 4 nitrogen and oxygen atoms in total. The van der Waals surface area contributed by atoms with Crippen LogP contribution in [-0.2, 0) is 14.3 Å². The first-order chi connectivity index (χ1) is 7.65. The number of carbonyl (C=O) groups excluding carboxylic acids is 1. The van der Waals surface area contributed by atoms with Crippen LogP contribution in [0.1, 0.15) is 26.7 Å². The number of hydrogen-bond donors (Lipinski definition) is 1. The van der Waals surface area contributed by atoms with Gasteiger partial charge in [-0.15, -0.1) is 0 Å². The molecule has 0 bridgehead atoms. The van der Waals surface area contributed by atoms with E-state index in [9.17, 15) is 4.79 Å². The zero-order valence-corrected chi connectivity index (χ0v) is 10.3. The summed E-state index contributed by atoms with van der Waals surface area (Å²) in [5.74, 6) is 0.693. The Morgan fingerprint density at radius 1 is 1.62 bits per heavy atom. The first-order valence-electron chi connectivity index (χ1n) is 5.79. The molecule has 4 heteroatoms. The summed E-state index contributed by atoms with van der Waals surface area (Å²) >= 11 is 0. The van der Waals surface area contributed by atoms with Gasteiger partial charge in [0.2, 0.25) is 0 Å². The lowest BCUT2D eigenvalue weighted by atomic mass is 10.1. The predicted octanol–water partition coefficient (Wildman–Crippen LogP) is 1.47. The molecule has 1 aliphatic rings. The number of ether oxygens (including phenoxy) is 2. The Bertz CT molecular complexity index is 261. The van der Waals surface area contributed by atoms with Gasteiger partial charge in [0.05, 0.1) is 12.7 Å². The second-order valence-corrected chi connectivity index (χ2v) is 4.29. The normalized spacial score (nSPS) is 17.6. The van der Waals surface area contributed by atoms with E-state index in [-0.39, 0.29) is 12.0 Å². The van der Waals surface area contributed by atoms with E-state index in [1.807, 2.05) is 6.08 Å². The zero-order chi connectivity index (χ0) is 12.0. The molecule has 1 rings (SSSR count). The van der Waals surface area contributed by atoms with E-state index in [0.29, 0.717) is 24.8 Å². The molecule has 0 fully saturated rings. The third-order valence-electron chi connectivity index (χ3n) is 2.67. The Labute approximate surface area is 97.0 Å². The Balaban J connectivity index is 2.36. The van der Waals surface area contributed by atoms with E-state index in [2.05, 4.69) is 19.2 Å². The highest BCUT2D eigenvalue weighted by Crippen LogP contribution is 2.10. The number of rotatable bonds is 5. The van der Waals surface area contributed by atoms with E-state index in [1.54, 1.807) is 7.11 Å². The average molecular weight is 227 g/mol. The van der Waals surface area contributed by atoms with Gasteiger partial charge in [0.15, 0.2) is 5.76 Å². The maximum absolute atomic E-state index is 11.7. The van der Waals surface area contributed by atoms with Crippen LogP contribution in [0.2, 0.25) is 0 Å². The Kier molecular flexibility index (Phi) is 5.32. The topological polar surface area (TPSA) is 47.6 Å². The first-order valence-corrected chi connectivity index (χ1v) is 5.79. The summed E-state index contributed by atoms with van der Waals surface area (Å²) in [5, 5.41) is 2.83. The van der Waals surface area contributed by atoms with Gasteiger partial charge < -0.3 is 14.8 Å². The molecule has 0 unspecified atom stereocenters. The summed E-state index contributed by atoms with van der Waals surface area (Å²) in [7, 11) is 1.66. The molecule has 1 atom stereocenters. The standard InChI is InChI=1S/C12H21NO3/c1-9(2)11(15-3)8-13-12(14)10-6-4-5-7-16-10/h6,9,11H,4-5,7-8H2,1-3H3,(H,13,14)/t11-/m1/s1. The van der Waals surface area contributed by atoms with Crippen LogP contribution in [0, 0.1) is 5.92 Å². The number of amides is 1. The molecule has 1 aliphatic heterocycles. The molecule has 0 aliphatic carbocycles. The third kappa shape index (κ3) is 3.85. The van der Waals surface area contributed by atoms with Crippen LogP contribution in [0.4, 0.5) is 0 Å². The van der Waals surface area contributed by atoms with Gasteiger partial charge in [0.1, 0.15) is 0 Å². The predicted molar refractivity (Wildman–Crippen MR) is 61.9 cm³/mol. The summed E-state index contributed by atoms with van der Waals surface area (Å²) in [6, 6.07) is 0. The summed E-state index contributed by atoms with van der Waals surface area (Å²) in [6.45, 7) is 5.29. The lowest BCUT2D eigenvalue weighted by Crippen LogP contribution is -2.37. The molecule has 0 saturated heterocycles. The monoisotopic (exact) mass is 227 g/mol. The number of carbonyl (C=O) groups is 1. The second kappa shape index (κ2) is 6.53. The van der Waals surface area contributed by atoms with Crippen molar-refractivity contribution in [2.24, 2.45) is 5.92 Å². The van der Waals surface area contributed by atoms with Crippen LogP contribution in [-0.4, -0.2) is 32.3 Å². The van der Waals surface area contributed by atoms with E-state index in [1.165, 1.54) is 0 Å².